The number of rotatable bonds is 5. The van der Waals surface area contributed by atoms with Gasteiger partial charge in [0.15, 0.2) is 0 Å². The first-order chi connectivity index (χ1) is 12.2. The number of nitrogens with zero attached hydrogens (tertiary/aromatic N) is 2. The highest BCUT2D eigenvalue weighted by atomic mass is 16.5. The number of benzene rings is 1. The second-order valence-corrected chi connectivity index (χ2v) is 7.01. The van der Waals surface area contributed by atoms with E-state index in [1.54, 1.807) is 14.2 Å². The Kier molecular flexibility index (Phi) is 4.29. The van der Waals surface area contributed by atoms with Crippen LogP contribution in [0, 0.1) is 5.92 Å². The van der Waals surface area contributed by atoms with E-state index < -0.39 is 0 Å². The van der Waals surface area contributed by atoms with Gasteiger partial charge in [0, 0.05) is 44.2 Å². The molecule has 1 saturated carbocycles. The average molecular weight is 343 g/mol. The number of hydrogen-bond donors (Lipinski definition) is 1. The van der Waals surface area contributed by atoms with Crippen molar-refractivity contribution in [2.24, 2.45) is 5.92 Å². The highest BCUT2D eigenvalue weighted by Crippen LogP contribution is 2.32. The third kappa shape index (κ3) is 3.31. The van der Waals surface area contributed by atoms with Crippen LogP contribution in [0.5, 0.6) is 11.5 Å². The first-order valence-electron chi connectivity index (χ1n) is 8.94. The van der Waals surface area contributed by atoms with Crippen molar-refractivity contribution < 1.29 is 14.3 Å². The van der Waals surface area contributed by atoms with Gasteiger partial charge in [0.25, 0.3) is 5.91 Å². The van der Waals surface area contributed by atoms with E-state index in [0.29, 0.717) is 11.4 Å². The molecule has 1 aliphatic heterocycles. The largest absolute Gasteiger partial charge is 0.497 e. The Hall–Kier alpha value is -2.21. The first-order valence-corrected chi connectivity index (χ1v) is 8.94. The molecule has 2 aromatic rings. The fourth-order valence-electron chi connectivity index (χ4n) is 3.55. The van der Waals surface area contributed by atoms with E-state index in [-0.39, 0.29) is 5.91 Å². The number of carbonyl (C=O) groups is 1. The van der Waals surface area contributed by atoms with E-state index in [2.05, 4.69) is 9.88 Å². The summed E-state index contributed by atoms with van der Waals surface area (Å²) in [6.07, 6.45) is 2.75. The zero-order chi connectivity index (χ0) is 17.4. The molecule has 1 N–H and O–H groups in total. The molecule has 1 aromatic carbocycles. The minimum atomic E-state index is 0.0586. The van der Waals surface area contributed by atoms with Crippen LogP contribution in [0.15, 0.2) is 18.2 Å². The Morgan fingerprint density at radius 1 is 1.12 bits per heavy atom. The van der Waals surface area contributed by atoms with Gasteiger partial charge < -0.3 is 19.4 Å². The summed E-state index contributed by atoms with van der Waals surface area (Å²) in [6, 6.07) is 5.63. The van der Waals surface area contributed by atoms with E-state index in [9.17, 15) is 4.79 Å². The first kappa shape index (κ1) is 16.3. The molecule has 2 heterocycles. The van der Waals surface area contributed by atoms with Gasteiger partial charge in [-0.3, -0.25) is 9.69 Å². The zero-order valence-corrected chi connectivity index (χ0v) is 14.9. The Morgan fingerprint density at radius 3 is 2.52 bits per heavy atom. The Labute approximate surface area is 147 Å². The quantitative estimate of drug-likeness (QED) is 0.905. The van der Waals surface area contributed by atoms with Crippen LogP contribution in [0.1, 0.15) is 23.3 Å². The van der Waals surface area contributed by atoms with Crippen molar-refractivity contribution >= 4 is 16.8 Å². The number of methoxy groups -OCH3 is 2. The number of carbonyl (C=O) groups excluding carboxylic acids is 1. The Balaban J connectivity index is 1.50. The zero-order valence-electron chi connectivity index (χ0n) is 14.9. The molecular weight excluding hydrogens is 318 g/mol. The predicted molar refractivity (Wildman–Crippen MR) is 96.5 cm³/mol. The van der Waals surface area contributed by atoms with E-state index >= 15 is 0 Å². The van der Waals surface area contributed by atoms with Crippen molar-refractivity contribution in [2.75, 3.05) is 46.9 Å². The molecule has 2 aliphatic rings. The summed E-state index contributed by atoms with van der Waals surface area (Å²) in [5, 5.41) is 0.923. The lowest BCUT2D eigenvalue weighted by Crippen LogP contribution is -2.49. The number of amides is 1. The van der Waals surface area contributed by atoms with Gasteiger partial charge in [0.05, 0.1) is 19.7 Å². The van der Waals surface area contributed by atoms with Crippen molar-refractivity contribution in [2.45, 2.75) is 12.8 Å². The van der Waals surface area contributed by atoms with Crippen LogP contribution in [0.2, 0.25) is 0 Å². The molecule has 1 saturated heterocycles. The molecule has 1 aliphatic carbocycles. The maximum atomic E-state index is 12.9. The molecule has 6 heteroatoms. The minimum Gasteiger partial charge on any atom is -0.497 e. The van der Waals surface area contributed by atoms with Crippen molar-refractivity contribution in [3.8, 4) is 11.5 Å². The number of ether oxygens (including phenoxy) is 2. The van der Waals surface area contributed by atoms with E-state index in [1.807, 2.05) is 23.1 Å². The summed E-state index contributed by atoms with van der Waals surface area (Å²) in [4.78, 5) is 20.5. The summed E-state index contributed by atoms with van der Waals surface area (Å²) in [6.45, 7) is 4.73. The fourth-order valence-corrected chi connectivity index (χ4v) is 3.55. The van der Waals surface area contributed by atoms with Gasteiger partial charge in [-0.15, -0.1) is 0 Å². The van der Waals surface area contributed by atoms with Crippen LogP contribution in [0.25, 0.3) is 10.9 Å². The van der Waals surface area contributed by atoms with Gasteiger partial charge in [-0.1, -0.05) is 0 Å². The highest BCUT2D eigenvalue weighted by molar-refractivity contribution is 6.00. The van der Waals surface area contributed by atoms with Crippen LogP contribution in [-0.4, -0.2) is 67.6 Å². The molecule has 0 bridgehead atoms. The number of aromatic amines is 1. The molecule has 4 rings (SSSR count). The minimum absolute atomic E-state index is 0.0586. The normalized spacial score (nSPS) is 18.6. The van der Waals surface area contributed by atoms with Crippen LogP contribution >= 0.6 is 0 Å². The van der Waals surface area contributed by atoms with E-state index in [1.165, 1.54) is 19.4 Å². The van der Waals surface area contributed by atoms with Crippen molar-refractivity contribution in [3.05, 3.63) is 23.9 Å². The Morgan fingerprint density at radius 2 is 1.88 bits per heavy atom. The van der Waals surface area contributed by atoms with Crippen LogP contribution in [-0.2, 0) is 0 Å². The molecule has 1 amide bonds. The summed E-state index contributed by atoms with van der Waals surface area (Å²) >= 11 is 0. The number of nitrogens with one attached hydrogen (secondary N) is 1. The van der Waals surface area contributed by atoms with E-state index in [4.69, 9.17) is 9.47 Å². The monoisotopic (exact) mass is 343 g/mol. The highest BCUT2D eigenvalue weighted by Gasteiger charge is 2.28. The van der Waals surface area contributed by atoms with Crippen molar-refractivity contribution in [1.82, 2.24) is 14.8 Å². The molecule has 0 unspecified atom stereocenters. The van der Waals surface area contributed by atoms with Gasteiger partial charge in [0.1, 0.15) is 17.2 Å². The molecule has 25 heavy (non-hydrogen) atoms. The lowest BCUT2D eigenvalue weighted by atomic mass is 10.2. The van der Waals surface area contributed by atoms with Gasteiger partial charge >= 0.3 is 0 Å². The van der Waals surface area contributed by atoms with Crippen molar-refractivity contribution in [3.63, 3.8) is 0 Å². The standard InChI is InChI=1S/C19H25N3O3/c1-24-15-9-14-10-16(20-18(14)17(11-15)25-2)19(23)22-7-5-21(6-8-22)12-13-3-4-13/h9-11,13,20H,3-8,12H2,1-2H3. The number of fused-ring (bicyclic) bond motifs is 1. The summed E-state index contributed by atoms with van der Waals surface area (Å²) < 4.78 is 10.7. The Bertz CT molecular complexity index is 774. The SMILES string of the molecule is COc1cc(OC)c2[nH]c(C(=O)N3CCN(CC4CC4)CC3)cc2c1. The summed E-state index contributed by atoms with van der Waals surface area (Å²) in [5.74, 6) is 2.36. The molecule has 1 aromatic heterocycles. The smallest absolute Gasteiger partial charge is 0.270 e. The average Bonchev–Trinajstić information content (AvgIpc) is 3.35. The van der Waals surface area contributed by atoms with Crippen LogP contribution in [0.3, 0.4) is 0 Å². The number of piperazine rings is 1. The lowest BCUT2D eigenvalue weighted by molar-refractivity contribution is 0.0627. The van der Waals surface area contributed by atoms with E-state index in [0.717, 1.165) is 48.7 Å². The molecule has 6 nitrogen and oxygen atoms in total. The molecular formula is C19H25N3O3. The maximum absolute atomic E-state index is 12.9. The molecule has 0 atom stereocenters. The van der Waals surface area contributed by atoms with Gasteiger partial charge in [-0.05, 0) is 30.9 Å². The topological polar surface area (TPSA) is 57.8 Å². The second-order valence-electron chi connectivity index (χ2n) is 7.01. The summed E-state index contributed by atoms with van der Waals surface area (Å²) in [7, 11) is 3.25. The second kappa shape index (κ2) is 6.59. The number of hydrogen-bond acceptors (Lipinski definition) is 4. The van der Waals surface area contributed by atoms with Gasteiger partial charge in [0.2, 0.25) is 0 Å². The van der Waals surface area contributed by atoms with Crippen molar-refractivity contribution in [1.29, 1.82) is 0 Å². The third-order valence-corrected chi connectivity index (χ3v) is 5.22. The number of aromatic nitrogens is 1. The molecule has 0 spiro atoms. The molecule has 2 fully saturated rings. The molecule has 134 valence electrons. The fraction of sp³-hybridized carbons (Fsp3) is 0.526. The molecule has 0 radical (unpaired) electrons. The maximum Gasteiger partial charge on any atom is 0.270 e. The van der Waals surface area contributed by atoms with Crippen LogP contribution < -0.4 is 9.47 Å². The summed E-state index contributed by atoms with van der Waals surface area (Å²) in [5.41, 5.74) is 1.44. The number of H-pyrrole nitrogens is 1. The lowest BCUT2D eigenvalue weighted by Gasteiger charge is -2.34. The van der Waals surface area contributed by atoms with Gasteiger partial charge in [-0.25, -0.2) is 0 Å². The third-order valence-electron chi connectivity index (χ3n) is 5.22. The predicted octanol–water partition coefficient (Wildman–Crippen LogP) is 2.35. The van der Waals surface area contributed by atoms with Gasteiger partial charge in [-0.2, -0.15) is 0 Å². The van der Waals surface area contributed by atoms with Crippen LogP contribution in [0.4, 0.5) is 0 Å².